The Hall–Kier alpha value is -2.48. The average Bonchev–Trinajstić information content (AvgIpc) is 3.04. The maximum absolute atomic E-state index is 11.9. The van der Waals surface area contributed by atoms with Crippen LogP contribution in [0.2, 0.25) is 0 Å². The molecule has 0 spiro atoms. The number of pyridine rings is 1. The summed E-state index contributed by atoms with van der Waals surface area (Å²) in [6.45, 7) is 6.66. The molecule has 0 aliphatic carbocycles. The first-order chi connectivity index (χ1) is 12.5. The molecule has 0 aromatic carbocycles. The van der Waals surface area contributed by atoms with Crippen LogP contribution >= 0.6 is 11.3 Å². The molecule has 1 atom stereocenters. The quantitative estimate of drug-likeness (QED) is 0.439. The van der Waals surface area contributed by atoms with Crippen molar-refractivity contribution in [2.24, 2.45) is 4.99 Å². The van der Waals surface area contributed by atoms with Crippen molar-refractivity contribution in [3.63, 3.8) is 0 Å². The molecule has 0 saturated carbocycles. The predicted molar refractivity (Wildman–Crippen MR) is 104 cm³/mol. The molecule has 0 amide bonds. The molecule has 140 valence electrons. The van der Waals surface area contributed by atoms with Crippen molar-refractivity contribution in [1.29, 1.82) is 0 Å². The molecule has 0 aliphatic heterocycles. The van der Waals surface area contributed by atoms with Gasteiger partial charge in [-0.05, 0) is 32.9 Å². The fourth-order valence-electron chi connectivity index (χ4n) is 2.30. The minimum absolute atomic E-state index is 0.0806. The van der Waals surface area contributed by atoms with Crippen LogP contribution in [-0.2, 0) is 11.2 Å². The molecule has 8 heteroatoms. The van der Waals surface area contributed by atoms with Crippen molar-refractivity contribution in [3.05, 3.63) is 45.7 Å². The number of guanidine groups is 1. The van der Waals surface area contributed by atoms with Crippen molar-refractivity contribution >= 4 is 23.3 Å². The van der Waals surface area contributed by atoms with E-state index in [9.17, 15) is 4.79 Å². The first kappa shape index (κ1) is 19.8. The van der Waals surface area contributed by atoms with E-state index in [0.717, 1.165) is 17.1 Å². The van der Waals surface area contributed by atoms with E-state index in [1.807, 2.05) is 32.0 Å². The molecule has 2 heterocycles. The Balaban J connectivity index is 1.91. The van der Waals surface area contributed by atoms with Gasteiger partial charge in [0.2, 0.25) is 0 Å². The van der Waals surface area contributed by atoms with Gasteiger partial charge < -0.3 is 15.4 Å². The number of carbonyl (C=O) groups excluding carboxylic acids is 1. The Morgan fingerprint density at radius 2 is 2.23 bits per heavy atom. The highest BCUT2D eigenvalue weighted by molar-refractivity contribution is 7.13. The van der Waals surface area contributed by atoms with Gasteiger partial charge in [-0.3, -0.25) is 9.98 Å². The van der Waals surface area contributed by atoms with Crippen LogP contribution in [0.5, 0.6) is 0 Å². The summed E-state index contributed by atoms with van der Waals surface area (Å²) in [4.78, 5) is 25.5. The zero-order valence-electron chi connectivity index (χ0n) is 15.6. The maximum atomic E-state index is 11.9. The summed E-state index contributed by atoms with van der Waals surface area (Å²) in [5, 5.41) is 7.38. The number of esters is 1. The molecule has 2 aromatic heterocycles. The van der Waals surface area contributed by atoms with Crippen LogP contribution in [0.1, 0.15) is 46.0 Å². The van der Waals surface area contributed by atoms with E-state index < -0.39 is 0 Å². The van der Waals surface area contributed by atoms with E-state index in [1.165, 1.54) is 11.3 Å². The largest absolute Gasteiger partial charge is 0.462 e. The van der Waals surface area contributed by atoms with Gasteiger partial charge in [0, 0.05) is 31.9 Å². The zero-order valence-corrected chi connectivity index (χ0v) is 16.4. The van der Waals surface area contributed by atoms with Crippen molar-refractivity contribution in [2.75, 3.05) is 20.2 Å². The van der Waals surface area contributed by atoms with Crippen LogP contribution < -0.4 is 10.6 Å². The number of rotatable bonds is 7. The van der Waals surface area contributed by atoms with Crippen LogP contribution in [0.3, 0.4) is 0 Å². The summed E-state index contributed by atoms with van der Waals surface area (Å²) >= 11 is 1.35. The lowest BCUT2D eigenvalue weighted by Crippen LogP contribution is -2.39. The van der Waals surface area contributed by atoms with Crippen molar-refractivity contribution in [1.82, 2.24) is 20.6 Å². The number of ether oxygens (including phenoxy) is 1. The zero-order chi connectivity index (χ0) is 18.9. The number of nitrogens with zero attached hydrogens (tertiary/aromatic N) is 3. The van der Waals surface area contributed by atoms with Crippen molar-refractivity contribution < 1.29 is 9.53 Å². The second kappa shape index (κ2) is 9.86. The predicted octanol–water partition coefficient (Wildman–Crippen LogP) is 2.49. The van der Waals surface area contributed by atoms with E-state index >= 15 is 0 Å². The highest BCUT2D eigenvalue weighted by atomic mass is 32.1. The van der Waals surface area contributed by atoms with Crippen LogP contribution in [0, 0.1) is 6.92 Å². The van der Waals surface area contributed by atoms with Gasteiger partial charge in [0.1, 0.15) is 9.88 Å². The lowest BCUT2D eigenvalue weighted by atomic mass is 10.3. The fraction of sp³-hybridized carbons (Fsp3) is 0.444. The van der Waals surface area contributed by atoms with E-state index in [0.29, 0.717) is 29.7 Å². The third-order valence-corrected chi connectivity index (χ3v) is 4.94. The first-order valence-electron chi connectivity index (χ1n) is 8.56. The number of carbonyl (C=O) groups is 1. The van der Waals surface area contributed by atoms with Gasteiger partial charge in [-0.1, -0.05) is 6.07 Å². The van der Waals surface area contributed by atoms with E-state index in [1.54, 1.807) is 20.2 Å². The van der Waals surface area contributed by atoms with Crippen LogP contribution in [0.15, 0.2) is 29.4 Å². The Morgan fingerprint density at radius 3 is 2.88 bits per heavy atom. The van der Waals surface area contributed by atoms with Crippen molar-refractivity contribution in [2.45, 2.75) is 33.2 Å². The molecule has 7 nitrogen and oxygen atoms in total. The molecular weight excluding hydrogens is 350 g/mol. The fourth-order valence-corrected chi connectivity index (χ4v) is 3.27. The first-order valence-corrected chi connectivity index (χ1v) is 9.38. The number of hydrogen-bond acceptors (Lipinski definition) is 6. The molecule has 2 N–H and O–H groups in total. The Morgan fingerprint density at radius 1 is 1.42 bits per heavy atom. The van der Waals surface area contributed by atoms with Gasteiger partial charge in [0.25, 0.3) is 0 Å². The molecule has 0 saturated heterocycles. The second-order valence-corrected chi connectivity index (χ2v) is 6.65. The normalized spacial score (nSPS) is 12.5. The number of hydrogen-bond donors (Lipinski definition) is 2. The van der Waals surface area contributed by atoms with Gasteiger partial charge in [0.05, 0.1) is 18.3 Å². The monoisotopic (exact) mass is 375 g/mol. The number of aromatic nitrogens is 2. The van der Waals surface area contributed by atoms with E-state index in [2.05, 4.69) is 25.6 Å². The minimum Gasteiger partial charge on any atom is -0.462 e. The smallest absolute Gasteiger partial charge is 0.350 e. The number of aliphatic imine (C=N–C) groups is 1. The highest BCUT2D eigenvalue weighted by Crippen LogP contribution is 2.24. The van der Waals surface area contributed by atoms with Gasteiger partial charge in [-0.15, -0.1) is 11.3 Å². The molecule has 0 radical (unpaired) electrons. The maximum Gasteiger partial charge on any atom is 0.350 e. The molecule has 26 heavy (non-hydrogen) atoms. The molecule has 1 unspecified atom stereocenters. The van der Waals surface area contributed by atoms with Crippen molar-refractivity contribution in [3.8, 4) is 0 Å². The van der Waals surface area contributed by atoms with Gasteiger partial charge in [-0.2, -0.15) is 0 Å². The summed E-state index contributed by atoms with van der Waals surface area (Å²) in [5.74, 6) is 0.359. The summed E-state index contributed by atoms with van der Waals surface area (Å²) in [5.41, 5.74) is 1.72. The number of nitrogens with one attached hydrogen (secondary N) is 2. The minimum atomic E-state index is -0.321. The lowest BCUT2D eigenvalue weighted by Gasteiger charge is -2.16. The SMILES string of the molecule is CCOC(=O)c1sc(C(C)NC(=NC)NCCc2ccccn2)nc1C. The average molecular weight is 375 g/mol. The third kappa shape index (κ3) is 5.52. The highest BCUT2D eigenvalue weighted by Gasteiger charge is 2.20. The molecule has 0 fully saturated rings. The number of aryl methyl sites for hydroxylation is 1. The van der Waals surface area contributed by atoms with Crippen LogP contribution in [0.4, 0.5) is 0 Å². The van der Waals surface area contributed by atoms with E-state index in [-0.39, 0.29) is 12.0 Å². The van der Waals surface area contributed by atoms with Gasteiger partial charge in [0.15, 0.2) is 5.96 Å². The molecule has 2 aromatic rings. The third-order valence-electron chi connectivity index (χ3n) is 3.62. The topological polar surface area (TPSA) is 88.5 Å². The Bertz CT molecular complexity index is 745. The molecular formula is C18H25N5O2S. The summed E-state index contributed by atoms with van der Waals surface area (Å²) in [7, 11) is 1.72. The Kier molecular flexibility index (Phi) is 7.53. The Labute approximate surface area is 157 Å². The number of thiazole rings is 1. The van der Waals surface area contributed by atoms with E-state index in [4.69, 9.17) is 4.74 Å². The molecule has 2 rings (SSSR count). The molecule has 0 bridgehead atoms. The second-order valence-electron chi connectivity index (χ2n) is 5.62. The van der Waals surface area contributed by atoms with Crippen LogP contribution in [0.25, 0.3) is 0 Å². The van der Waals surface area contributed by atoms with Gasteiger partial charge >= 0.3 is 5.97 Å². The lowest BCUT2D eigenvalue weighted by molar-refractivity contribution is 0.0531. The van der Waals surface area contributed by atoms with Crippen LogP contribution in [-0.4, -0.2) is 42.1 Å². The standard InChI is InChI=1S/C18H25N5O2S/c1-5-25-17(24)15-12(2)22-16(26-15)13(3)23-18(19-4)21-11-9-14-8-6-7-10-20-14/h6-8,10,13H,5,9,11H2,1-4H3,(H2,19,21,23). The summed E-state index contributed by atoms with van der Waals surface area (Å²) in [6, 6.07) is 5.79. The van der Waals surface area contributed by atoms with Gasteiger partial charge in [-0.25, -0.2) is 9.78 Å². The summed E-state index contributed by atoms with van der Waals surface area (Å²) in [6.07, 6.45) is 2.59. The summed E-state index contributed by atoms with van der Waals surface area (Å²) < 4.78 is 5.07. The molecule has 0 aliphatic rings.